The summed E-state index contributed by atoms with van der Waals surface area (Å²) in [6, 6.07) is 14.8. The Morgan fingerprint density at radius 2 is 1.78 bits per heavy atom. The first-order valence-electron chi connectivity index (χ1n) is 9.62. The van der Waals surface area contributed by atoms with Crippen LogP contribution < -0.4 is 15.5 Å². The van der Waals surface area contributed by atoms with E-state index < -0.39 is 0 Å². The lowest BCUT2D eigenvalue weighted by Gasteiger charge is -2.26. The minimum absolute atomic E-state index is 0.0460. The van der Waals surface area contributed by atoms with E-state index in [0.29, 0.717) is 17.8 Å². The van der Waals surface area contributed by atoms with Crippen molar-refractivity contribution in [3.63, 3.8) is 0 Å². The molecule has 5 heteroatoms. The average Bonchev–Trinajstić information content (AvgIpc) is 2.64. The maximum Gasteiger partial charge on any atom is 0.279 e. The van der Waals surface area contributed by atoms with Crippen LogP contribution in [0.1, 0.15) is 35.7 Å². The third kappa shape index (κ3) is 5.41. The monoisotopic (exact) mass is 366 g/mol. The fourth-order valence-electron chi connectivity index (χ4n) is 3.48. The molecule has 0 aliphatic carbocycles. The molecule has 0 aromatic heterocycles. The summed E-state index contributed by atoms with van der Waals surface area (Å²) in [5.41, 5.74) is 2.84. The van der Waals surface area contributed by atoms with Crippen LogP contribution in [0.3, 0.4) is 0 Å². The van der Waals surface area contributed by atoms with Gasteiger partial charge in [-0.15, -0.1) is 0 Å². The molecular formula is C22H28N3O2+. The Hall–Kier alpha value is -2.66. The van der Waals surface area contributed by atoms with Crippen molar-refractivity contribution in [1.29, 1.82) is 0 Å². The summed E-state index contributed by atoms with van der Waals surface area (Å²) >= 11 is 0. The van der Waals surface area contributed by atoms with Crippen LogP contribution in [-0.2, 0) is 4.79 Å². The molecular weight excluding hydrogens is 338 g/mol. The Kier molecular flexibility index (Phi) is 6.24. The molecule has 0 bridgehead atoms. The Bertz CT molecular complexity index is 811. The molecule has 1 saturated heterocycles. The quantitative estimate of drug-likeness (QED) is 0.761. The molecule has 1 aliphatic heterocycles. The van der Waals surface area contributed by atoms with Gasteiger partial charge in [-0.25, -0.2) is 0 Å². The number of benzene rings is 2. The minimum Gasteiger partial charge on any atom is -0.327 e. The Balaban J connectivity index is 1.64. The van der Waals surface area contributed by atoms with E-state index in [0.717, 1.165) is 43.1 Å². The average molecular weight is 366 g/mol. The fraction of sp³-hybridized carbons (Fsp3) is 0.364. The molecule has 142 valence electrons. The molecule has 2 amide bonds. The number of para-hydroxylation sites is 1. The Morgan fingerprint density at radius 1 is 1.04 bits per heavy atom. The lowest BCUT2D eigenvalue weighted by molar-refractivity contribution is -0.897. The Morgan fingerprint density at radius 3 is 2.52 bits per heavy atom. The van der Waals surface area contributed by atoms with Crippen LogP contribution >= 0.6 is 0 Å². The van der Waals surface area contributed by atoms with Gasteiger partial charge < -0.3 is 15.5 Å². The molecule has 1 aliphatic rings. The highest BCUT2D eigenvalue weighted by molar-refractivity contribution is 6.10. The molecule has 1 fully saturated rings. The number of nitrogens with one attached hydrogen (secondary N) is 3. The van der Waals surface area contributed by atoms with E-state index in [4.69, 9.17) is 0 Å². The van der Waals surface area contributed by atoms with Crippen molar-refractivity contribution in [1.82, 2.24) is 0 Å². The number of hydrogen-bond donors (Lipinski definition) is 3. The van der Waals surface area contributed by atoms with Crippen molar-refractivity contribution in [3.8, 4) is 0 Å². The highest BCUT2D eigenvalue weighted by Gasteiger charge is 2.22. The van der Waals surface area contributed by atoms with Crippen LogP contribution in [0.5, 0.6) is 0 Å². The van der Waals surface area contributed by atoms with Crippen LogP contribution in [-0.4, -0.2) is 31.4 Å². The molecule has 2 aromatic carbocycles. The molecule has 3 N–H and O–H groups in total. The van der Waals surface area contributed by atoms with Crippen LogP contribution in [0.25, 0.3) is 0 Å². The SMILES string of the molecule is Cc1cccc(NC(=O)c2ccccc2NC(=O)C[NH+]2CCC(C)CC2)c1. The summed E-state index contributed by atoms with van der Waals surface area (Å²) in [4.78, 5) is 26.5. The van der Waals surface area contributed by atoms with Crippen molar-refractivity contribution in [2.45, 2.75) is 26.7 Å². The summed E-state index contributed by atoms with van der Waals surface area (Å²) in [5.74, 6) is 0.480. The number of rotatable bonds is 5. The number of quaternary nitrogens is 1. The number of carbonyl (C=O) groups is 2. The van der Waals surface area contributed by atoms with E-state index in [1.54, 1.807) is 18.2 Å². The van der Waals surface area contributed by atoms with Gasteiger partial charge in [0.1, 0.15) is 0 Å². The number of carbonyl (C=O) groups excluding carboxylic acids is 2. The summed E-state index contributed by atoms with van der Waals surface area (Å²) in [6.45, 7) is 6.75. The molecule has 0 saturated carbocycles. The van der Waals surface area contributed by atoms with E-state index >= 15 is 0 Å². The van der Waals surface area contributed by atoms with E-state index in [9.17, 15) is 9.59 Å². The molecule has 27 heavy (non-hydrogen) atoms. The van der Waals surface area contributed by atoms with Crippen LogP contribution in [0.2, 0.25) is 0 Å². The second-order valence-corrected chi connectivity index (χ2v) is 7.53. The van der Waals surface area contributed by atoms with Crippen molar-refractivity contribution < 1.29 is 14.5 Å². The molecule has 0 spiro atoms. The zero-order valence-corrected chi connectivity index (χ0v) is 16.0. The maximum atomic E-state index is 12.7. The predicted octanol–water partition coefficient (Wildman–Crippen LogP) is 2.50. The van der Waals surface area contributed by atoms with E-state index in [1.165, 1.54) is 4.90 Å². The standard InChI is InChI=1S/C22H27N3O2/c1-16-10-12-25(13-11-16)15-21(26)24-20-9-4-3-8-19(20)22(27)23-18-7-5-6-17(2)14-18/h3-9,14,16H,10-13,15H2,1-2H3,(H,23,27)(H,24,26)/p+1. The Labute approximate surface area is 160 Å². The molecule has 0 unspecified atom stereocenters. The molecule has 1 heterocycles. The van der Waals surface area contributed by atoms with Gasteiger partial charge in [-0.2, -0.15) is 0 Å². The summed E-state index contributed by atoms with van der Waals surface area (Å²) in [7, 11) is 0. The van der Waals surface area contributed by atoms with Crippen molar-refractivity contribution >= 4 is 23.2 Å². The zero-order valence-electron chi connectivity index (χ0n) is 16.0. The molecule has 5 nitrogen and oxygen atoms in total. The van der Waals surface area contributed by atoms with Crippen LogP contribution in [0, 0.1) is 12.8 Å². The van der Waals surface area contributed by atoms with Gasteiger partial charge in [0.05, 0.1) is 24.3 Å². The molecule has 0 atom stereocenters. The third-order valence-electron chi connectivity index (χ3n) is 5.11. The lowest BCUT2D eigenvalue weighted by atomic mass is 9.99. The van der Waals surface area contributed by atoms with Gasteiger partial charge in [0, 0.05) is 5.69 Å². The number of amides is 2. The highest BCUT2D eigenvalue weighted by Crippen LogP contribution is 2.18. The van der Waals surface area contributed by atoms with Crippen molar-refractivity contribution in [3.05, 3.63) is 59.7 Å². The largest absolute Gasteiger partial charge is 0.327 e. The predicted molar refractivity (Wildman–Crippen MR) is 108 cm³/mol. The van der Waals surface area contributed by atoms with Gasteiger partial charge in [-0.1, -0.05) is 31.2 Å². The number of hydrogen-bond acceptors (Lipinski definition) is 2. The third-order valence-corrected chi connectivity index (χ3v) is 5.11. The number of piperidine rings is 1. The summed E-state index contributed by atoms with van der Waals surface area (Å²) in [5, 5.41) is 5.83. The molecule has 2 aromatic rings. The van der Waals surface area contributed by atoms with Gasteiger partial charge in [-0.3, -0.25) is 9.59 Å². The first kappa shape index (κ1) is 19.1. The molecule has 3 rings (SSSR count). The number of aryl methyl sites for hydroxylation is 1. The first-order chi connectivity index (χ1) is 13.0. The summed E-state index contributed by atoms with van der Waals surface area (Å²) in [6.07, 6.45) is 2.33. The normalized spacial score (nSPS) is 19.3. The van der Waals surface area contributed by atoms with Gasteiger partial charge in [0.25, 0.3) is 11.8 Å². The molecule has 0 radical (unpaired) electrons. The number of likely N-dealkylation sites (tertiary alicyclic amines) is 1. The topological polar surface area (TPSA) is 62.6 Å². The highest BCUT2D eigenvalue weighted by atomic mass is 16.2. The second kappa shape index (κ2) is 8.82. The summed E-state index contributed by atoms with van der Waals surface area (Å²) < 4.78 is 0. The van der Waals surface area contributed by atoms with Gasteiger partial charge in [-0.05, 0) is 55.5 Å². The number of anilines is 2. The van der Waals surface area contributed by atoms with Crippen LogP contribution in [0.4, 0.5) is 11.4 Å². The minimum atomic E-state index is -0.226. The smallest absolute Gasteiger partial charge is 0.279 e. The van der Waals surface area contributed by atoms with Crippen molar-refractivity contribution in [2.75, 3.05) is 30.3 Å². The van der Waals surface area contributed by atoms with E-state index in [-0.39, 0.29) is 11.8 Å². The van der Waals surface area contributed by atoms with Gasteiger partial charge in [0.15, 0.2) is 6.54 Å². The van der Waals surface area contributed by atoms with E-state index in [2.05, 4.69) is 17.6 Å². The maximum absolute atomic E-state index is 12.7. The van der Waals surface area contributed by atoms with Gasteiger partial charge >= 0.3 is 0 Å². The zero-order chi connectivity index (χ0) is 19.2. The van der Waals surface area contributed by atoms with Crippen LogP contribution in [0.15, 0.2) is 48.5 Å². The fourth-order valence-corrected chi connectivity index (χ4v) is 3.48. The first-order valence-corrected chi connectivity index (χ1v) is 9.62. The van der Waals surface area contributed by atoms with Gasteiger partial charge in [0.2, 0.25) is 0 Å². The van der Waals surface area contributed by atoms with E-state index in [1.807, 2.05) is 37.3 Å². The lowest BCUT2D eigenvalue weighted by Crippen LogP contribution is -3.14. The van der Waals surface area contributed by atoms with Crippen molar-refractivity contribution in [2.24, 2.45) is 5.92 Å². The second-order valence-electron chi connectivity index (χ2n) is 7.53.